The fourth-order valence-corrected chi connectivity index (χ4v) is 14.0. The van der Waals surface area contributed by atoms with Crippen molar-refractivity contribution in [1.29, 1.82) is 0 Å². The number of hydrogen-bond acceptors (Lipinski definition) is 31. The Hall–Kier alpha value is -1.89. The fraction of sp³-hybridized carbons (Fsp3) is 1.00. The van der Waals surface area contributed by atoms with E-state index < -0.39 is 261 Å². The number of methoxy groups -OCH3 is 6. The molecule has 6 aliphatic heterocycles. The van der Waals surface area contributed by atoms with E-state index in [0.717, 1.165) is 0 Å². The van der Waals surface area contributed by atoms with Crippen LogP contribution in [0.4, 0.5) is 0 Å². The van der Waals surface area contributed by atoms with Gasteiger partial charge in [0.25, 0.3) is 0 Å². The van der Waals surface area contributed by atoms with Gasteiger partial charge >= 0.3 is 0 Å². The van der Waals surface area contributed by atoms with E-state index in [4.69, 9.17) is 80.5 Å². The third-order valence-corrected chi connectivity index (χ3v) is 18.6. The molecular formula is C55H99N3O30. The number of nitrogens with zero attached hydrogens (tertiary/aromatic N) is 3. The van der Waals surface area contributed by atoms with E-state index in [1.165, 1.54) is 42.7 Å². The summed E-state index contributed by atoms with van der Waals surface area (Å²) in [6.07, 6.45) is -19.9. The Morgan fingerprint density at radius 1 is 0.273 bits per heavy atom. The Bertz CT molecular complexity index is 1980. The molecular weight excluding hydrogens is 1180 g/mol. The second-order valence-corrected chi connectivity index (χ2v) is 23.2. The molecule has 514 valence electrons. The Labute approximate surface area is 511 Å². The smallest absolute Gasteiger partial charge is 0.164 e. The minimum atomic E-state index is -1.42. The minimum absolute atomic E-state index is 0.0113. The van der Waals surface area contributed by atoms with Crippen LogP contribution >= 0.6 is 0 Å². The van der Waals surface area contributed by atoms with Crippen LogP contribution in [0.2, 0.25) is 0 Å². The summed E-state index contributed by atoms with van der Waals surface area (Å²) in [5.74, 6) is -12.5. The summed E-state index contributed by atoms with van der Waals surface area (Å²) >= 11 is 0. The summed E-state index contributed by atoms with van der Waals surface area (Å²) in [6.45, 7) is -8.52. The van der Waals surface area contributed by atoms with Crippen molar-refractivity contribution >= 4 is 0 Å². The molecule has 0 aromatic rings. The van der Waals surface area contributed by atoms with Gasteiger partial charge in [0.1, 0.15) is 36.7 Å². The summed E-state index contributed by atoms with van der Waals surface area (Å²) in [4.78, 5) is 2.83. The lowest BCUT2D eigenvalue weighted by Crippen LogP contribution is -2.64. The highest BCUT2D eigenvalue weighted by atomic mass is 16.8. The topological polar surface area (TPSA) is 469 Å². The highest BCUT2D eigenvalue weighted by molar-refractivity contribution is 5.00. The van der Waals surface area contributed by atoms with E-state index in [1.54, 1.807) is 0 Å². The quantitative estimate of drug-likeness (QED) is 0.0158. The summed E-state index contributed by atoms with van der Waals surface area (Å²) < 4.78 is 105. The number of aliphatic hydroxyl groups is 13. The van der Waals surface area contributed by atoms with Gasteiger partial charge in [-0.2, -0.15) is 0 Å². The van der Waals surface area contributed by atoms with Crippen molar-refractivity contribution in [1.82, 2.24) is 0 Å². The van der Waals surface area contributed by atoms with Crippen LogP contribution < -0.4 is 0 Å². The SMILES string of the molecule is COCC1O[C@H](O[C@@H]2C(COC)O[C@H](O[C@@H]3C(COC)O[C@H](O[C@@H]4C(COC)O[C@H](O[C@@H]5C(COC)O[C@H](O[C@@H]6C(COC)O[C@H](N=[N+]=[N-])C(CO)[C@H]6CO)C(CO)[C@H]5CO)C(CO)[C@H]4CO)C(CO)[C@H]3CO)C(CO)[C@H]2CO)C(CO)[C@@H](CO)[C@@H]1CO. The van der Waals surface area contributed by atoms with Gasteiger partial charge in [-0.15, -0.1) is 0 Å². The van der Waals surface area contributed by atoms with Crippen LogP contribution in [0.15, 0.2) is 5.11 Å². The molecule has 30 atom stereocenters. The summed E-state index contributed by atoms with van der Waals surface area (Å²) in [6, 6.07) is 0. The standard InChI is InChI=1S/C55H99N3O30/c1-72-20-39-27(8-60)26(7-59)34(15-67)51(79-39)85-46-29(10-62)36(17-69)53(81-41(46)22-74-3)87-48-31(12-64)38(19-71)55(83-43(48)24-76-5)88-49-32(13-65)37(18-70)54(82-44(49)25-77-6)86-47-30(11-63)35(16-68)52(80-42(47)23-75-4)84-45-28(9-61)33(14-66)50(57-58-56)78-40(45)21-73-2/h26-55,59-71H,7-25H2,1-6H3/t26-,27-,28+,29+,30+,31+,32+,33?,34?,35?,36?,37?,38?,39?,40?,41?,42?,43?,44?,45-,46-,47-,48-,49-,50-,51+,52+,53+,54+,55+/m0/s1. The Kier molecular flexibility index (Phi) is 32.3. The lowest BCUT2D eigenvalue weighted by Gasteiger charge is -2.53. The van der Waals surface area contributed by atoms with Crippen LogP contribution in [0.25, 0.3) is 10.4 Å². The zero-order valence-electron chi connectivity index (χ0n) is 50.9. The molecule has 0 spiro atoms. The van der Waals surface area contributed by atoms with Gasteiger partial charge in [0.2, 0.25) is 0 Å². The number of aliphatic hydroxyl groups excluding tert-OH is 13. The minimum Gasteiger partial charge on any atom is -0.396 e. The van der Waals surface area contributed by atoms with Crippen molar-refractivity contribution in [3.8, 4) is 0 Å². The average molecular weight is 1280 g/mol. The monoisotopic (exact) mass is 1280 g/mol. The van der Waals surface area contributed by atoms with Crippen molar-refractivity contribution in [2.45, 2.75) is 105 Å². The van der Waals surface area contributed by atoms with Crippen molar-refractivity contribution in [3.63, 3.8) is 0 Å². The van der Waals surface area contributed by atoms with Crippen LogP contribution in [-0.2, 0) is 80.5 Å². The van der Waals surface area contributed by atoms with Crippen LogP contribution in [0.5, 0.6) is 0 Å². The molecule has 6 aliphatic rings. The number of ether oxygens (including phenoxy) is 17. The molecule has 0 amide bonds. The molecule has 0 radical (unpaired) electrons. The van der Waals surface area contributed by atoms with E-state index in [0.29, 0.717) is 0 Å². The zero-order valence-corrected chi connectivity index (χ0v) is 50.9. The zero-order chi connectivity index (χ0) is 64.2. The molecule has 12 unspecified atom stereocenters. The van der Waals surface area contributed by atoms with Crippen molar-refractivity contribution in [2.75, 3.05) is 168 Å². The van der Waals surface area contributed by atoms with Crippen molar-refractivity contribution in [2.24, 2.45) is 82.0 Å². The second-order valence-electron chi connectivity index (χ2n) is 23.2. The second kappa shape index (κ2) is 37.9. The lowest BCUT2D eigenvalue weighted by molar-refractivity contribution is -0.382. The van der Waals surface area contributed by atoms with Gasteiger partial charge in [0.15, 0.2) is 31.5 Å². The molecule has 0 aliphatic carbocycles. The first-order chi connectivity index (χ1) is 42.8. The molecule has 33 nitrogen and oxygen atoms in total. The van der Waals surface area contributed by atoms with E-state index in [2.05, 4.69) is 10.0 Å². The first-order valence-corrected chi connectivity index (χ1v) is 29.9. The normalized spacial score (nSPS) is 43.4. The summed E-state index contributed by atoms with van der Waals surface area (Å²) in [7, 11) is 8.40. The predicted molar refractivity (Wildman–Crippen MR) is 294 cm³/mol. The summed E-state index contributed by atoms with van der Waals surface area (Å²) in [5, 5.41) is 145. The highest BCUT2D eigenvalue weighted by Crippen LogP contribution is 2.46. The van der Waals surface area contributed by atoms with Crippen LogP contribution in [0, 0.1) is 76.9 Å². The van der Waals surface area contributed by atoms with Gasteiger partial charge < -0.3 is 147 Å². The lowest BCUT2D eigenvalue weighted by atomic mass is 9.76. The third-order valence-electron chi connectivity index (χ3n) is 18.6. The first-order valence-electron chi connectivity index (χ1n) is 29.9. The maximum atomic E-state index is 11.3. The molecule has 6 rings (SSSR count). The molecule has 0 saturated carbocycles. The van der Waals surface area contributed by atoms with E-state index in [1.807, 2.05) is 0 Å². The number of rotatable bonds is 36. The van der Waals surface area contributed by atoms with Gasteiger partial charge in [-0.1, -0.05) is 5.11 Å². The van der Waals surface area contributed by atoms with Crippen LogP contribution in [-0.4, -0.2) is 339 Å². The molecule has 13 N–H and O–H groups in total. The van der Waals surface area contributed by atoms with Gasteiger partial charge in [-0.25, -0.2) is 0 Å². The van der Waals surface area contributed by atoms with Gasteiger partial charge in [-0.3, -0.25) is 0 Å². The van der Waals surface area contributed by atoms with Crippen LogP contribution in [0.3, 0.4) is 0 Å². The summed E-state index contributed by atoms with van der Waals surface area (Å²) in [5.41, 5.74) is 9.25. The van der Waals surface area contributed by atoms with E-state index in [9.17, 15) is 71.9 Å². The molecule has 33 heteroatoms. The number of hydrogen-bond donors (Lipinski definition) is 13. The largest absolute Gasteiger partial charge is 0.396 e. The maximum Gasteiger partial charge on any atom is 0.164 e. The molecule has 0 bridgehead atoms. The van der Waals surface area contributed by atoms with Gasteiger partial charge in [0.05, 0.1) is 109 Å². The molecule has 0 aromatic carbocycles. The predicted octanol–water partition coefficient (Wildman–Crippen LogP) is -5.64. The Morgan fingerprint density at radius 2 is 0.477 bits per heavy atom. The third kappa shape index (κ3) is 17.0. The van der Waals surface area contributed by atoms with Gasteiger partial charge in [-0.05, 0) is 11.4 Å². The first kappa shape index (κ1) is 75.1. The van der Waals surface area contributed by atoms with E-state index >= 15 is 0 Å². The Morgan fingerprint density at radius 3 is 0.705 bits per heavy atom. The van der Waals surface area contributed by atoms with Crippen molar-refractivity contribution in [3.05, 3.63) is 10.4 Å². The highest BCUT2D eigenvalue weighted by Gasteiger charge is 2.58. The maximum absolute atomic E-state index is 11.3. The molecule has 6 heterocycles. The molecule has 6 saturated heterocycles. The van der Waals surface area contributed by atoms with Crippen LogP contribution in [0.1, 0.15) is 0 Å². The average Bonchev–Trinajstić information content (AvgIpc) is 1.08. The van der Waals surface area contributed by atoms with E-state index in [-0.39, 0.29) is 46.2 Å². The fourth-order valence-electron chi connectivity index (χ4n) is 14.0. The molecule has 6 fully saturated rings. The Balaban J connectivity index is 1.24. The van der Waals surface area contributed by atoms with Gasteiger partial charge in [0, 0.05) is 171 Å². The molecule has 88 heavy (non-hydrogen) atoms. The molecule has 0 aromatic heterocycles. The van der Waals surface area contributed by atoms with Crippen molar-refractivity contribution < 1.29 is 147 Å². The number of azide groups is 1.